The Morgan fingerprint density at radius 3 is 2.16 bits per heavy atom. The predicted molar refractivity (Wildman–Crippen MR) is 118 cm³/mol. The van der Waals surface area contributed by atoms with Crippen molar-refractivity contribution in [3.8, 4) is 5.75 Å². The van der Waals surface area contributed by atoms with E-state index >= 15 is 0 Å². The molecule has 0 radical (unpaired) electrons. The highest BCUT2D eigenvalue weighted by Gasteiger charge is 2.34. The van der Waals surface area contributed by atoms with Crippen LogP contribution < -0.4 is 9.04 Å². The molecular weight excluding hydrogens is 463 g/mol. The van der Waals surface area contributed by atoms with E-state index in [2.05, 4.69) is 0 Å². The van der Waals surface area contributed by atoms with Gasteiger partial charge in [0.1, 0.15) is 12.4 Å². The Morgan fingerprint density at radius 2 is 1.59 bits per heavy atom. The molecule has 3 rings (SSSR count). The van der Waals surface area contributed by atoms with Crippen LogP contribution in [0.15, 0.2) is 77.7 Å². The minimum atomic E-state index is -4.61. The molecule has 0 heterocycles. The molecule has 0 amide bonds. The first-order valence-electron chi connectivity index (χ1n) is 9.68. The van der Waals surface area contributed by atoms with Gasteiger partial charge in [-0.05, 0) is 61.9 Å². The van der Waals surface area contributed by atoms with Crippen LogP contribution in [-0.2, 0) is 22.8 Å². The monoisotopic (exact) mass is 483 g/mol. The summed E-state index contributed by atoms with van der Waals surface area (Å²) in [7, 11) is -4.11. The van der Waals surface area contributed by atoms with Gasteiger partial charge in [0.2, 0.25) is 0 Å². The van der Waals surface area contributed by atoms with Crippen molar-refractivity contribution in [3.05, 3.63) is 88.9 Å². The smallest absolute Gasteiger partial charge is 0.416 e. The summed E-state index contributed by atoms with van der Waals surface area (Å²) in [6, 6.07) is 16.6. The van der Waals surface area contributed by atoms with Gasteiger partial charge in [-0.25, -0.2) is 8.42 Å². The maximum Gasteiger partial charge on any atom is 0.416 e. The lowest BCUT2D eigenvalue weighted by molar-refractivity contribution is -0.137. The van der Waals surface area contributed by atoms with E-state index in [1.54, 1.807) is 44.2 Å². The Bertz CT molecular complexity index is 1170. The molecular formula is C23H21ClF3NO3S. The molecule has 0 unspecified atom stereocenters. The maximum absolute atomic E-state index is 13.4. The fraction of sp³-hybridized carbons (Fsp3) is 0.217. The van der Waals surface area contributed by atoms with E-state index in [0.29, 0.717) is 5.02 Å². The lowest BCUT2D eigenvalue weighted by atomic mass is 10.1. The Kier molecular flexibility index (Phi) is 7.05. The first kappa shape index (κ1) is 23.9. The number of rotatable bonds is 7. The zero-order valence-electron chi connectivity index (χ0n) is 17.3. The molecule has 0 aliphatic heterocycles. The standard InChI is InChI=1S/C23H21ClF3NO3S/c1-16(2)28(32(29,30)20-11-9-19(24)10-12-20)21-13-8-18(23(25,26)27)14-22(21)31-15-17-6-4-3-5-7-17/h3-14,16H,15H2,1-2H3. The minimum absolute atomic E-state index is 0.0129. The van der Waals surface area contributed by atoms with Crippen molar-refractivity contribution in [1.29, 1.82) is 0 Å². The molecule has 170 valence electrons. The molecule has 3 aromatic rings. The second-order valence-corrected chi connectivity index (χ2v) is 9.55. The number of halogens is 4. The van der Waals surface area contributed by atoms with Gasteiger partial charge >= 0.3 is 6.18 Å². The number of hydrogen-bond donors (Lipinski definition) is 0. The van der Waals surface area contributed by atoms with E-state index in [1.165, 1.54) is 24.3 Å². The Hall–Kier alpha value is -2.71. The lowest BCUT2D eigenvalue weighted by Gasteiger charge is -2.30. The van der Waals surface area contributed by atoms with Crippen molar-refractivity contribution in [3.63, 3.8) is 0 Å². The molecule has 0 N–H and O–H groups in total. The van der Waals surface area contributed by atoms with Crippen molar-refractivity contribution in [1.82, 2.24) is 0 Å². The summed E-state index contributed by atoms with van der Waals surface area (Å²) in [4.78, 5) is -0.0375. The normalized spacial score (nSPS) is 12.1. The van der Waals surface area contributed by atoms with Crippen LogP contribution >= 0.6 is 11.6 Å². The molecule has 0 aliphatic carbocycles. The van der Waals surface area contributed by atoms with Crippen LogP contribution in [0.4, 0.5) is 18.9 Å². The Morgan fingerprint density at radius 1 is 0.969 bits per heavy atom. The molecule has 0 atom stereocenters. The number of anilines is 1. The molecule has 0 saturated carbocycles. The predicted octanol–water partition coefficient (Wildman–Crippen LogP) is 6.54. The second kappa shape index (κ2) is 9.42. The molecule has 32 heavy (non-hydrogen) atoms. The third kappa shape index (κ3) is 5.37. The van der Waals surface area contributed by atoms with Crippen LogP contribution in [0.2, 0.25) is 5.02 Å². The fourth-order valence-electron chi connectivity index (χ4n) is 3.13. The van der Waals surface area contributed by atoms with Gasteiger partial charge in [-0.2, -0.15) is 13.2 Å². The zero-order chi connectivity index (χ0) is 23.5. The number of nitrogens with zero attached hydrogens (tertiary/aromatic N) is 1. The topological polar surface area (TPSA) is 46.6 Å². The Labute approximate surface area is 190 Å². The van der Waals surface area contributed by atoms with Crippen LogP contribution in [0.25, 0.3) is 0 Å². The molecule has 4 nitrogen and oxygen atoms in total. The third-order valence-electron chi connectivity index (χ3n) is 4.60. The van der Waals surface area contributed by atoms with Gasteiger partial charge in [0, 0.05) is 11.1 Å². The van der Waals surface area contributed by atoms with Crippen molar-refractivity contribution < 1.29 is 26.3 Å². The molecule has 0 aromatic heterocycles. The van der Waals surface area contributed by atoms with Crippen LogP contribution in [0.1, 0.15) is 25.0 Å². The first-order valence-corrected chi connectivity index (χ1v) is 11.5. The van der Waals surface area contributed by atoms with E-state index in [9.17, 15) is 21.6 Å². The zero-order valence-corrected chi connectivity index (χ0v) is 18.9. The average molecular weight is 484 g/mol. The third-order valence-corrected chi connectivity index (χ3v) is 6.86. The molecule has 0 saturated heterocycles. The van der Waals surface area contributed by atoms with Crippen LogP contribution in [0.3, 0.4) is 0 Å². The quantitative estimate of drug-likeness (QED) is 0.383. The number of benzene rings is 3. The molecule has 0 fully saturated rings. The maximum atomic E-state index is 13.4. The van der Waals surface area contributed by atoms with Crippen molar-refractivity contribution in [2.24, 2.45) is 0 Å². The molecule has 0 aliphatic rings. The fourth-order valence-corrected chi connectivity index (χ4v) is 4.93. The molecule has 0 spiro atoms. The molecule has 9 heteroatoms. The largest absolute Gasteiger partial charge is 0.487 e. The highest BCUT2D eigenvalue weighted by Crippen LogP contribution is 2.40. The summed E-state index contributed by atoms with van der Waals surface area (Å²) in [5.41, 5.74) is -0.191. The van der Waals surface area contributed by atoms with Crippen LogP contribution in [0, 0.1) is 0 Å². The molecule has 3 aromatic carbocycles. The highest BCUT2D eigenvalue weighted by molar-refractivity contribution is 7.92. The van der Waals surface area contributed by atoms with Crippen molar-refractivity contribution >= 4 is 27.3 Å². The van der Waals surface area contributed by atoms with Gasteiger partial charge < -0.3 is 4.74 Å². The number of ether oxygens (including phenoxy) is 1. The number of alkyl halides is 3. The van der Waals surface area contributed by atoms with Gasteiger partial charge in [-0.1, -0.05) is 41.9 Å². The van der Waals surface area contributed by atoms with Gasteiger partial charge in [-0.3, -0.25) is 4.31 Å². The van der Waals surface area contributed by atoms with E-state index in [1.807, 2.05) is 0 Å². The average Bonchev–Trinajstić information content (AvgIpc) is 2.73. The van der Waals surface area contributed by atoms with Crippen molar-refractivity contribution in [2.75, 3.05) is 4.31 Å². The van der Waals surface area contributed by atoms with E-state index in [0.717, 1.165) is 28.1 Å². The van der Waals surface area contributed by atoms with Crippen LogP contribution in [0.5, 0.6) is 5.75 Å². The van der Waals surface area contributed by atoms with E-state index in [-0.39, 0.29) is 22.9 Å². The SMILES string of the molecule is CC(C)N(c1ccc(C(F)(F)F)cc1OCc1ccccc1)S(=O)(=O)c1ccc(Cl)cc1. The van der Waals surface area contributed by atoms with E-state index < -0.39 is 27.8 Å². The van der Waals surface area contributed by atoms with Gasteiger partial charge in [0.25, 0.3) is 10.0 Å². The first-order chi connectivity index (χ1) is 15.0. The second-order valence-electron chi connectivity index (χ2n) is 7.30. The number of sulfonamides is 1. The lowest BCUT2D eigenvalue weighted by Crippen LogP contribution is -2.37. The highest BCUT2D eigenvalue weighted by atomic mass is 35.5. The van der Waals surface area contributed by atoms with Crippen LogP contribution in [-0.4, -0.2) is 14.5 Å². The molecule has 0 bridgehead atoms. The summed E-state index contributed by atoms with van der Waals surface area (Å²) in [6.45, 7) is 3.24. The summed E-state index contributed by atoms with van der Waals surface area (Å²) >= 11 is 5.87. The van der Waals surface area contributed by atoms with Crippen molar-refractivity contribution in [2.45, 2.75) is 37.6 Å². The number of hydrogen-bond acceptors (Lipinski definition) is 3. The summed E-state index contributed by atoms with van der Waals surface area (Å²) in [6.07, 6.45) is -4.61. The van der Waals surface area contributed by atoms with Gasteiger partial charge in [-0.15, -0.1) is 0 Å². The van der Waals surface area contributed by atoms with Gasteiger partial charge in [0.15, 0.2) is 0 Å². The minimum Gasteiger partial charge on any atom is -0.487 e. The Balaban J connectivity index is 2.10. The van der Waals surface area contributed by atoms with E-state index in [4.69, 9.17) is 16.3 Å². The summed E-state index contributed by atoms with van der Waals surface area (Å²) in [5, 5.41) is 0.362. The summed E-state index contributed by atoms with van der Waals surface area (Å²) < 4.78 is 73.6. The van der Waals surface area contributed by atoms with Gasteiger partial charge in [0.05, 0.1) is 16.1 Å². The summed E-state index contributed by atoms with van der Waals surface area (Å²) in [5.74, 6) is -0.185.